The van der Waals surface area contributed by atoms with E-state index >= 15 is 0 Å². The number of hydrogen-bond acceptors (Lipinski definition) is 4. The maximum absolute atomic E-state index is 5.60. The molecular weight excluding hydrogens is 286 g/mol. The van der Waals surface area contributed by atoms with Crippen LogP contribution in [0.5, 0.6) is 0 Å². The van der Waals surface area contributed by atoms with Gasteiger partial charge in [-0.25, -0.2) is 9.66 Å². The molecule has 20 heavy (non-hydrogen) atoms. The lowest BCUT2D eigenvalue weighted by molar-refractivity contribution is 0.826. The normalized spacial score (nSPS) is 10.9. The van der Waals surface area contributed by atoms with Crippen LogP contribution in [0.15, 0.2) is 30.3 Å². The number of thiophene rings is 1. The number of aryl methyl sites for hydroxylation is 2. The summed E-state index contributed by atoms with van der Waals surface area (Å²) in [5.41, 5.74) is 5.51. The van der Waals surface area contributed by atoms with Gasteiger partial charge in [0.2, 0.25) is 0 Å². The Morgan fingerprint density at radius 2 is 1.90 bits per heavy atom. The Morgan fingerprint density at radius 1 is 1.20 bits per heavy atom. The SMILES string of the molecule is CNn1c(C)nc2sc(-c3ccccc3)c(C)c2c1=S. The van der Waals surface area contributed by atoms with Gasteiger partial charge < -0.3 is 5.43 Å². The molecule has 3 aromatic rings. The van der Waals surface area contributed by atoms with Gasteiger partial charge in [0, 0.05) is 11.9 Å². The highest BCUT2D eigenvalue weighted by Crippen LogP contribution is 2.37. The number of nitrogens with zero attached hydrogens (tertiary/aromatic N) is 2. The molecule has 1 aromatic carbocycles. The molecule has 1 N–H and O–H groups in total. The van der Waals surface area contributed by atoms with Crippen LogP contribution in [0.4, 0.5) is 0 Å². The van der Waals surface area contributed by atoms with Gasteiger partial charge >= 0.3 is 0 Å². The van der Waals surface area contributed by atoms with Crippen molar-refractivity contribution in [2.45, 2.75) is 13.8 Å². The quantitative estimate of drug-likeness (QED) is 0.716. The molecule has 0 atom stereocenters. The van der Waals surface area contributed by atoms with Crippen LogP contribution >= 0.6 is 23.6 Å². The van der Waals surface area contributed by atoms with Crippen LogP contribution in [-0.2, 0) is 0 Å². The molecule has 0 aliphatic rings. The van der Waals surface area contributed by atoms with Gasteiger partial charge in [0.15, 0.2) is 0 Å². The Kier molecular flexibility index (Phi) is 3.31. The lowest BCUT2D eigenvalue weighted by Crippen LogP contribution is -2.15. The fourth-order valence-corrected chi connectivity index (χ4v) is 4.18. The molecule has 0 saturated heterocycles. The number of fused-ring (bicyclic) bond motifs is 1. The van der Waals surface area contributed by atoms with E-state index in [1.165, 1.54) is 16.0 Å². The fourth-order valence-electron chi connectivity index (χ4n) is 2.41. The topological polar surface area (TPSA) is 29.9 Å². The summed E-state index contributed by atoms with van der Waals surface area (Å²) in [5.74, 6) is 0.880. The molecule has 0 radical (unpaired) electrons. The predicted molar refractivity (Wildman–Crippen MR) is 88.6 cm³/mol. The molecule has 5 heteroatoms. The molecule has 0 spiro atoms. The van der Waals surface area contributed by atoms with E-state index in [0.717, 1.165) is 20.7 Å². The van der Waals surface area contributed by atoms with Crippen LogP contribution in [0.3, 0.4) is 0 Å². The maximum atomic E-state index is 5.60. The van der Waals surface area contributed by atoms with Crippen molar-refractivity contribution in [1.29, 1.82) is 0 Å². The molecule has 0 amide bonds. The Hall–Kier alpha value is -1.72. The van der Waals surface area contributed by atoms with E-state index in [1.54, 1.807) is 11.3 Å². The first-order chi connectivity index (χ1) is 9.63. The number of rotatable bonds is 2. The lowest BCUT2D eigenvalue weighted by Gasteiger charge is -2.09. The fraction of sp³-hybridized carbons (Fsp3) is 0.200. The van der Waals surface area contributed by atoms with Gasteiger partial charge in [-0.1, -0.05) is 42.5 Å². The largest absolute Gasteiger partial charge is 0.326 e. The van der Waals surface area contributed by atoms with Crippen molar-refractivity contribution in [1.82, 2.24) is 9.66 Å². The monoisotopic (exact) mass is 301 g/mol. The Bertz CT molecular complexity index is 832. The zero-order valence-corrected chi connectivity index (χ0v) is 13.2. The third kappa shape index (κ3) is 1.94. The van der Waals surface area contributed by atoms with Gasteiger partial charge in [-0.05, 0) is 25.0 Å². The van der Waals surface area contributed by atoms with Gasteiger partial charge in [-0.3, -0.25) is 0 Å². The number of nitrogens with one attached hydrogen (secondary N) is 1. The molecule has 3 nitrogen and oxygen atoms in total. The predicted octanol–water partition coefficient (Wildman–Crippen LogP) is 4.28. The minimum Gasteiger partial charge on any atom is -0.326 e. The van der Waals surface area contributed by atoms with E-state index in [-0.39, 0.29) is 0 Å². The van der Waals surface area contributed by atoms with E-state index < -0.39 is 0 Å². The van der Waals surface area contributed by atoms with Crippen LogP contribution in [0, 0.1) is 18.5 Å². The third-order valence-corrected chi connectivity index (χ3v) is 5.01. The Labute approximate surface area is 126 Å². The highest BCUT2D eigenvalue weighted by molar-refractivity contribution is 7.71. The smallest absolute Gasteiger partial charge is 0.137 e. The lowest BCUT2D eigenvalue weighted by atomic mass is 10.1. The zero-order valence-electron chi connectivity index (χ0n) is 11.6. The van der Waals surface area contributed by atoms with Crippen LogP contribution in [-0.4, -0.2) is 16.7 Å². The first-order valence-corrected chi connectivity index (χ1v) is 7.62. The van der Waals surface area contributed by atoms with Crippen LogP contribution < -0.4 is 5.43 Å². The average Bonchev–Trinajstić information content (AvgIpc) is 2.77. The first kappa shape index (κ1) is 13.3. The molecule has 0 aliphatic carbocycles. The van der Waals surface area contributed by atoms with Crippen LogP contribution in [0.1, 0.15) is 11.4 Å². The molecule has 0 saturated carbocycles. The van der Waals surface area contributed by atoms with Crippen LogP contribution in [0.2, 0.25) is 0 Å². The van der Waals surface area contributed by atoms with Gasteiger partial charge in [0.05, 0.1) is 5.39 Å². The van der Waals surface area contributed by atoms with Crippen molar-refractivity contribution in [3.63, 3.8) is 0 Å². The van der Waals surface area contributed by atoms with E-state index in [2.05, 4.69) is 41.6 Å². The highest BCUT2D eigenvalue weighted by atomic mass is 32.1. The van der Waals surface area contributed by atoms with Gasteiger partial charge in [-0.15, -0.1) is 11.3 Å². The molecule has 102 valence electrons. The number of hydrogen-bond donors (Lipinski definition) is 1. The summed E-state index contributed by atoms with van der Waals surface area (Å²) >= 11 is 7.30. The summed E-state index contributed by atoms with van der Waals surface area (Å²) in [6.45, 7) is 4.08. The van der Waals surface area contributed by atoms with Crippen molar-refractivity contribution in [2.24, 2.45) is 0 Å². The minimum atomic E-state index is 0.797. The summed E-state index contributed by atoms with van der Waals surface area (Å²) < 4.78 is 2.65. The first-order valence-electron chi connectivity index (χ1n) is 6.39. The van der Waals surface area contributed by atoms with Crippen molar-refractivity contribution < 1.29 is 0 Å². The highest BCUT2D eigenvalue weighted by Gasteiger charge is 2.15. The summed E-state index contributed by atoms with van der Waals surface area (Å²) in [4.78, 5) is 6.92. The molecule has 2 heterocycles. The molecular formula is C15H15N3S2. The summed E-state index contributed by atoms with van der Waals surface area (Å²) in [6, 6.07) is 10.4. The van der Waals surface area contributed by atoms with Crippen molar-refractivity contribution in [3.8, 4) is 10.4 Å². The third-order valence-electron chi connectivity index (χ3n) is 3.39. The molecule has 3 rings (SSSR count). The van der Waals surface area contributed by atoms with Crippen molar-refractivity contribution in [3.05, 3.63) is 46.4 Å². The second kappa shape index (κ2) is 5.00. The van der Waals surface area contributed by atoms with Gasteiger partial charge in [0.1, 0.15) is 15.3 Å². The average molecular weight is 301 g/mol. The second-order valence-corrected chi connectivity index (χ2v) is 6.01. The number of benzene rings is 1. The van der Waals surface area contributed by atoms with Gasteiger partial charge in [0.25, 0.3) is 0 Å². The second-order valence-electron chi connectivity index (χ2n) is 4.63. The molecule has 2 aromatic heterocycles. The maximum Gasteiger partial charge on any atom is 0.137 e. The van der Waals surface area contributed by atoms with Crippen molar-refractivity contribution >= 4 is 33.8 Å². The van der Waals surface area contributed by atoms with E-state index in [0.29, 0.717) is 0 Å². The summed E-state index contributed by atoms with van der Waals surface area (Å²) in [6.07, 6.45) is 0. The van der Waals surface area contributed by atoms with E-state index in [1.807, 2.05) is 24.7 Å². The van der Waals surface area contributed by atoms with E-state index in [4.69, 9.17) is 12.2 Å². The Balaban J connectivity index is 2.37. The summed E-state index contributed by atoms with van der Waals surface area (Å²) in [7, 11) is 1.86. The minimum absolute atomic E-state index is 0.797. The Morgan fingerprint density at radius 3 is 2.55 bits per heavy atom. The van der Waals surface area contributed by atoms with E-state index in [9.17, 15) is 0 Å². The molecule has 0 bridgehead atoms. The standard InChI is InChI=1S/C15H15N3S2/c1-9-12-14(17-10(2)18(16-3)15(12)19)20-13(9)11-7-5-4-6-8-11/h4-8,16H,1-3H3. The molecule has 0 aliphatic heterocycles. The van der Waals surface area contributed by atoms with Crippen LogP contribution in [0.25, 0.3) is 20.7 Å². The zero-order chi connectivity index (χ0) is 14.3. The van der Waals surface area contributed by atoms with Gasteiger partial charge in [-0.2, -0.15) is 0 Å². The summed E-state index contributed by atoms with van der Waals surface area (Å²) in [5, 5.41) is 1.07. The van der Waals surface area contributed by atoms with Crippen molar-refractivity contribution in [2.75, 3.05) is 12.5 Å². The molecule has 0 unspecified atom stereocenters. The number of aromatic nitrogens is 2. The molecule has 0 fully saturated rings.